The Balaban J connectivity index is 2.63. The maximum absolute atomic E-state index is 12.3. The number of methoxy groups -OCH3 is 1. The second-order valence-electron chi connectivity index (χ2n) is 5.67. The number of carbonyl (C=O) groups excluding carboxylic acids is 2. The lowest BCUT2D eigenvalue weighted by molar-refractivity contribution is -0.140. The van der Waals surface area contributed by atoms with Crippen molar-refractivity contribution in [2.45, 2.75) is 68.9 Å². The van der Waals surface area contributed by atoms with E-state index in [0.717, 1.165) is 32.1 Å². The van der Waals surface area contributed by atoms with Gasteiger partial charge in [-0.15, -0.1) is 0 Å². The van der Waals surface area contributed by atoms with Crippen LogP contribution in [0.4, 0.5) is 0 Å². The van der Waals surface area contributed by atoms with Crippen LogP contribution in [-0.2, 0) is 24.2 Å². The largest absolute Gasteiger partial charge is 0.469 e. The first kappa shape index (κ1) is 17.9. The minimum Gasteiger partial charge on any atom is -0.469 e. The van der Waals surface area contributed by atoms with Crippen LogP contribution >= 0.6 is 0 Å². The zero-order chi connectivity index (χ0) is 16.0. The molecule has 1 rings (SSSR count). The van der Waals surface area contributed by atoms with Gasteiger partial charge in [0.2, 0.25) is 5.91 Å². The highest BCUT2D eigenvalue weighted by molar-refractivity contribution is 7.93. The fourth-order valence-electron chi connectivity index (χ4n) is 2.50. The first-order chi connectivity index (χ1) is 9.78. The van der Waals surface area contributed by atoms with E-state index < -0.39 is 32.2 Å². The molecule has 1 aliphatic carbocycles. The molecule has 21 heavy (non-hydrogen) atoms. The molecule has 1 saturated carbocycles. The molecule has 0 aromatic rings. The first-order valence-corrected chi connectivity index (χ1v) is 9.00. The van der Waals surface area contributed by atoms with E-state index in [4.69, 9.17) is 0 Å². The van der Waals surface area contributed by atoms with Crippen molar-refractivity contribution in [3.8, 4) is 0 Å². The van der Waals surface area contributed by atoms with Gasteiger partial charge in [-0.05, 0) is 26.7 Å². The third-order valence-corrected chi connectivity index (χ3v) is 6.54. The van der Waals surface area contributed by atoms with Crippen molar-refractivity contribution >= 4 is 21.7 Å². The number of rotatable bonds is 6. The molecule has 0 spiro atoms. The maximum Gasteiger partial charge on any atom is 0.306 e. The predicted octanol–water partition coefficient (Wildman–Crippen LogP) is 1.19. The van der Waals surface area contributed by atoms with Gasteiger partial charge < -0.3 is 10.1 Å². The number of ether oxygens (including phenoxy) is 1. The Labute approximate surface area is 126 Å². The van der Waals surface area contributed by atoms with Crippen LogP contribution in [0.2, 0.25) is 0 Å². The maximum atomic E-state index is 12.3. The predicted molar refractivity (Wildman–Crippen MR) is 79.5 cm³/mol. The molecule has 1 fully saturated rings. The molecule has 6 nitrogen and oxygen atoms in total. The van der Waals surface area contributed by atoms with Crippen molar-refractivity contribution in [2.24, 2.45) is 0 Å². The lowest BCUT2D eigenvalue weighted by Crippen LogP contribution is -2.46. The van der Waals surface area contributed by atoms with E-state index in [9.17, 15) is 18.0 Å². The second kappa shape index (κ2) is 7.77. The summed E-state index contributed by atoms with van der Waals surface area (Å²) in [7, 11) is -2.50. The molecule has 0 aromatic heterocycles. The van der Waals surface area contributed by atoms with Crippen LogP contribution in [0.3, 0.4) is 0 Å². The molecule has 7 heteroatoms. The summed E-state index contributed by atoms with van der Waals surface area (Å²) in [6, 6.07) is 0.0693. The van der Waals surface area contributed by atoms with E-state index in [2.05, 4.69) is 10.1 Å². The van der Waals surface area contributed by atoms with Gasteiger partial charge in [0.15, 0.2) is 9.84 Å². The quantitative estimate of drug-likeness (QED) is 0.743. The van der Waals surface area contributed by atoms with Gasteiger partial charge in [0.1, 0.15) is 5.25 Å². The molecule has 0 aromatic carbocycles. The van der Waals surface area contributed by atoms with Crippen molar-refractivity contribution < 1.29 is 22.7 Å². The molecule has 0 radical (unpaired) electrons. The fraction of sp³-hybridized carbons (Fsp3) is 0.857. The molecule has 0 bridgehead atoms. The van der Waals surface area contributed by atoms with Gasteiger partial charge in [-0.3, -0.25) is 9.59 Å². The molecule has 2 unspecified atom stereocenters. The van der Waals surface area contributed by atoms with Crippen molar-refractivity contribution in [1.29, 1.82) is 0 Å². The summed E-state index contributed by atoms with van der Waals surface area (Å²) in [4.78, 5) is 23.3. The number of hydrogen-bond acceptors (Lipinski definition) is 5. The van der Waals surface area contributed by atoms with E-state index in [-0.39, 0.29) is 12.5 Å². The summed E-state index contributed by atoms with van der Waals surface area (Å²) in [5.74, 6) is -1.07. The lowest BCUT2D eigenvalue weighted by Gasteiger charge is -2.25. The average Bonchev–Trinajstić information content (AvgIpc) is 2.47. The van der Waals surface area contributed by atoms with Crippen LogP contribution in [0.1, 0.15) is 52.4 Å². The zero-order valence-corrected chi connectivity index (χ0v) is 13.7. The SMILES string of the molecule is COC(=O)CC(C)S(=O)(=O)C(C)C(=O)NC1CCCCC1. The van der Waals surface area contributed by atoms with E-state index in [1.54, 1.807) is 0 Å². The highest BCUT2D eigenvalue weighted by Crippen LogP contribution is 2.19. The summed E-state index contributed by atoms with van der Waals surface area (Å²) in [6.07, 6.45) is 4.85. The highest BCUT2D eigenvalue weighted by Gasteiger charge is 2.35. The Bertz CT molecular complexity index is 468. The van der Waals surface area contributed by atoms with E-state index >= 15 is 0 Å². The molecule has 2 atom stereocenters. The molecule has 1 amide bonds. The Kier molecular flexibility index (Phi) is 6.64. The van der Waals surface area contributed by atoms with Crippen molar-refractivity contribution in [2.75, 3.05) is 7.11 Å². The number of sulfone groups is 1. The summed E-state index contributed by atoms with van der Waals surface area (Å²) in [5.41, 5.74) is 0. The average molecular weight is 319 g/mol. The summed E-state index contributed by atoms with van der Waals surface area (Å²) in [5, 5.41) is 0.726. The molecule has 0 aliphatic heterocycles. The smallest absolute Gasteiger partial charge is 0.306 e. The minimum atomic E-state index is -3.71. The van der Waals surface area contributed by atoms with Gasteiger partial charge >= 0.3 is 5.97 Å². The van der Waals surface area contributed by atoms with Crippen molar-refractivity contribution in [3.63, 3.8) is 0 Å². The normalized spacial score (nSPS) is 19.6. The number of hydrogen-bond donors (Lipinski definition) is 1. The van der Waals surface area contributed by atoms with Crippen LogP contribution in [0.15, 0.2) is 0 Å². The topological polar surface area (TPSA) is 89.5 Å². The fourth-order valence-corrected chi connectivity index (χ4v) is 3.93. The highest BCUT2D eigenvalue weighted by atomic mass is 32.2. The van der Waals surface area contributed by atoms with Crippen LogP contribution in [0.25, 0.3) is 0 Å². The number of nitrogens with one attached hydrogen (secondary N) is 1. The molecular formula is C14H25NO5S. The van der Waals surface area contributed by atoms with Gasteiger partial charge in [0, 0.05) is 6.04 Å². The Hall–Kier alpha value is -1.11. The van der Waals surface area contributed by atoms with Gasteiger partial charge in [-0.2, -0.15) is 0 Å². The number of esters is 1. The second-order valence-corrected chi connectivity index (χ2v) is 8.36. The standard InChI is InChI=1S/C14H25NO5S/c1-10(9-13(16)20-3)21(18,19)11(2)14(17)15-12-7-5-4-6-8-12/h10-12H,4-9H2,1-3H3,(H,15,17). The monoisotopic (exact) mass is 319 g/mol. The number of amides is 1. The van der Waals surface area contributed by atoms with Crippen molar-refractivity contribution in [3.05, 3.63) is 0 Å². The van der Waals surface area contributed by atoms with Gasteiger partial charge in [0.25, 0.3) is 0 Å². The number of carbonyl (C=O) groups is 2. The van der Waals surface area contributed by atoms with E-state index in [0.29, 0.717) is 0 Å². The Morgan fingerprint density at radius 2 is 1.76 bits per heavy atom. The van der Waals surface area contributed by atoms with Crippen LogP contribution in [0, 0.1) is 0 Å². The van der Waals surface area contributed by atoms with Crippen molar-refractivity contribution in [1.82, 2.24) is 5.32 Å². The molecule has 0 saturated heterocycles. The van der Waals surface area contributed by atoms with Gasteiger partial charge in [-0.25, -0.2) is 8.42 Å². The summed E-state index contributed by atoms with van der Waals surface area (Å²) < 4.78 is 29.1. The molecule has 1 aliphatic rings. The van der Waals surface area contributed by atoms with Crippen LogP contribution < -0.4 is 5.32 Å². The first-order valence-electron chi connectivity index (χ1n) is 7.39. The summed E-state index contributed by atoms with van der Waals surface area (Å²) >= 11 is 0. The van der Waals surface area contributed by atoms with Crippen LogP contribution in [-0.4, -0.2) is 43.9 Å². The molecular weight excluding hydrogens is 294 g/mol. The summed E-state index contributed by atoms with van der Waals surface area (Å²) in [6.45, 7) is 2.80. The molecule has 122 valence electrons. The molecule has 1 N–H and O–H groups in total. The zero-order valence-electron chi connectivity index (χ0n) is 12.9. The van der Waals surface area contributed by atoms with E-state index in [1.807, 2.05) is 0 Å². The third-order valence-electron chi connectivity index (χ3n) is 4.06. The van der Waals surface area contributed by atoms with Gasteiger partial charge in [-0.1, -0.05) is 19.3 Å². The lowest BCUT2D eigenvalue weighted by atomic mass is 9.95. The Morgan fingerprint density at radius 1 is 1.19 bits per heavy atom. The minimum absolute atomic E-state index is 0.0693. The van der Waals surface area contributed by atoms with Crippen LogP contribution in [0.5, 0.6) is 0 Å². The van der Waals surface area contributed by atoms with E-state index in [1.165, 1.54) is 21.0 Å². The van der Waals surface area contributed by atoms with Gasteiger partial charge in [0.05, 0.1) is 18.8 Å². The molecule has 0 heterocycles. The third kappa shape index (κ3) is 4.98. The Morgan fingerprint density at radius 3 is 2.29 bits per heavy atom.